The zero-order valence-electron chi connectivity index (χ0n) is 10.1. The van der Waals surface area contributed by atoms with E-state index in [0.717, 1.165) is 0 Å². The molecule has 1 N–H and O–H groups in total. The van der Waals surface area contributed by atoms with Gasteiger partial charge in [0.15, 0.2) is 0 Å². The Morgan fingerprint density at radius 3 is 2.89 bits per heavy atom. The summed E-state index contributed by atoms with van der Waals surface area (Å²) >= 11 is 6.16. The molecule has 1 heterocycles. The van der Waals surface area contributed by atoms with Crippen molar-refractivity contribution in [1.82, 2.24) is 4.98 Å². The second-order valence-electron chi connectivity index (χ2n) is 3.67. The van der Waals surface area contributed by atoms with Crippen LogP contribution in [-0.4, -0.2) is 23.5 Å². The van der Waals surface area contributed by atoms with E-state index in [2.05, 4.69) is 15.0 Å². The molecule has 0 unspecified atom stereocenters. The summed E-state index contributed by atoms with van der Waals surface area (Å²) in [4.78, 5) is 26.9. The van der Waals surface area contributed by atoms with Crippen LogP contribution in [0.1, 0.15) is 6.92 Å². The number of pyridine rings is 1. The molecule has 0 atom stereocenters. The zero-order chi connectivity index (χ0) is 13.8. The quantitative estimate of drug-likeness (QED) is 0.676. The number of nitrogens with zero attached hydrogens (tertiary/aromatic N) is 1. The molecule has 19 heavy (non-hydrogen) atoms. The summed E-state index contributed by atoms with van der Waals surface area (Å²) in [6.45, 7) is 1.77. The molecule has 0 fully saturated rings. The predicted molar refractivity (Wildman–Crippen MR) is 72.0 cm³/mol. The van der Waals surface area contributed by atoms with E-state index in [9.17, 15) is 9.59 Å². The van der Waals surface area contributed by atoms with E-state index in [1.54, 1.807) is 37.4 Å². The molecular weight excluding hydrogens is 268 g/mol. The van der Waals surface area contributed by atoms with Gasteiger partial charge >= 0.3 is 11.9 Å². The summed E-state index contributed by atoms with van der Waals surface area (Å²) in [6, 6.07) is 6.83. The number of rotatable bonds is 2. The molecule has 0 bridgehead atoms. The van der Waals surface area contributed by atoms with Gasteiger partial charge in [-0.1, -0.05) is 11.6 Å². The fraction of sp³-hybridized carbons (Fsp3) is 0.154. The molecular formula is C13H11ClN2O3. The maximum Gasteiger partial charge on any atom is 0.397 e. The number of amides is 1. The molecule has 6 heteroatoms. The third-order valence-corrected chi connectivity index (χ3v) is 2.84. The Morgan fingerprint density at radius 2 is 2.16 bits per heavy atom. The summed E-state index contributed by atoms with van der Waals surface area (Å²) in [5.41, 5.74) is 1.06. The lowest BCUT2D eigenvalue weighted by molar-refractivity contribution is -0.152. The number of halogens is 1. The van der Waals surface area contributed by atoms with Crippen LogP contribution in [0, 0.1) is 0 Å². The molecule has 0 radical (unpaired) electrons. The smallest absolute Gasteiger partial charge is 0.397 e. The highest BCUT2D eigenvalue weighted by Crippen LogP contribution is 2.29. The number of hydrogen-bond acceptors (Lipinski definition) is 4. The lowest BCUT2D eigenvalue weighted by Gasteiger charge is -2.08. The molecule has 1 aromatic carbocycles. The van der Waals surface area contributed by atoms with Gasteiger partial charge in [-0.05, 0) is 31.2 Å². The van der Waals surface area contributed by atoms with Gasteiger partial charge in [0.1, 0.15) is 0 Å². The van der Waals surface area contributed by atoms with Crippen LogP contribution < -0.4 is 5.32 Å². The number of ether oxygens (including phenoxy) is 1. The Morgan fingerprint density at radius 1 is 1.37 bits per heavy atom. The van der Waals surface area contributed by atoms with E-state index in [0.29, 0.717) is 21.6 Å². The Balaban J connectivity index is 2.29. The number of hydrogen-bond donors (Lipinski definition) is 1. The maximum atomic E-state index is 11.5. The van der Waals surface area contributed by atoms with Crippen molar-refractivity contribution in [1.29, 1.82) is 0 Å². The Hall–Kier alpha value is -2.14. The number of benzene rings is 1. The molecule has 5 nitrogen and oxygen atoms in total. The van der Waals surface area contributed by atoms with E-state index in [1.807, 2.05) is 0 Å². The molecule has 2 rings (SSSR count). The fourth-order valence-electron chi connectivity index (χ4n) is 1.58. The number of fused-ring (bicyclic) bond motifs is 1. The summed E-state index contributed by atoms with van der Waals surface area (Å²) in [5.74, 6) is -1.79. The molecule has 98 valence electrons. The van der Waals surface area contributed by atoms with E-state index < -0.39 is 11.9 Å². The average Bonchev–Trinajstić information content (AvgIpc) is 2.42. The molecule has 2 aromatic rings. The monoisotopic (exact) mass is 278 g/mol. The summed E-state index contributed by atoms with van der Waals surface area (Å²) in [6.07, 6.45) is 1.65. The minimum absolute atomic E-state index is 0.141. The Bertz CT molecular complexity index is 643. The van der Waals surface area contributed by atoms with Gasteiger partial charge in [-0.3, -0.25) is 9.78 Å². The van der Waals surface area contributed by atoms with Gasteiger partial charge in [0.2, 0.25) is 0 Å². The van der Waals surface area contributed by atoms with Crippen molar-refractivity contribution in [3.05, 3.63) is 35.5 Å². The van der Waals surface area contributed by atoms with Crippen molar-refractivity contribution in [3.8, 4) is 0 Å². The Labute approximate surface area is 114 Å². The van der Waals surface area contributed by atoms with Crippen molar-refractivity contribution in [2.75, 3.05) is 11.9 Å². The molecule has 0 aliphatic heterocycles. The summed E-state index contributed by atoms with van der Waals surface area (Å²) < 4.78 is 4.60. The molecule has 0 spiro atoms. The highest BCUT2D eigenvalue weighted by Gasteiger charge is 2.16. The van der Waals surface area contributed by atoms with E-state index >= 15 is 0 Å². The van der Waals surface area contributed by atoms with Gasteiger partial charge < -0.3 is 10.1 Å². The number of nitrogens with one attached hydrogen (secondary N) is 1. The van der Waals surface area contributed by atoms with Crippen LogP contribution in [0.15, 0.2) is 30.5 Å². The first-order valence-corrected chi connectivity index (χ1v) is 6.02. The van der Waals surface area contributed by atoms with E-state index in [-0.39, 0.29) is 6.61 Å². The highest BCUT2D eigenvalue weighted by atomic mass is 35.5. The van der Waals surface area contributed by atoms with Gasteiger partial charge in [-0.25, -0.2) is 4.79 Å². The van der Waals surface area contributed by atoms with Crippen LogP contribution >= 0.6 is 11.6 Å². The van der Waals surface area contributed by atoms with Crippen molar-refractivity contribution < 1.29 is 14.3 Å². The number of anilines is 1. The lowest BCUT2D eigenvalue weighted by Crippen LogP contribution is -2.25. The second-order valence-corrected chi connectivity index (χ2v) is 4.05. The summed E-state index contributed by atoms with van der Waals surface area (Å²) in [7, 11) is 0. The van der Waals surface area contributed by atoms with Gasteiger partial charge in [0.25, 0.3) is 0 Å². The van der Waals surface area contributed by atoms with Crippen molar-refractivity contribution in [3.63, 3.8) is 0 Å². The van der Waals surface area contributed by atoms with Crippen molar-refractivity contribution in [2.24, 2.45) is 0 Å². The van der Waals surface area contributed by atoms with Crippen LogP contribution in [0.5, 0.6) is 0 Å². The lowest BCUT2D eigenvalue weighted by atomic mass is 10.2. The van der Waals surface area contributed by atoms with Crippen molar-refractivity contribution >= 4 is 40.1 Å². The molecule has 0 aliphatic carbocycles. The van der Waals surface area contributed by atoms with E-state index in [1.165, 1.54) is 0 Å². The van der Waals surface area contributed by atoms with Gasteiger partial charge in [0.05, 0.1) is 22.8 Å². The van der Waals surface area contributed by atoms with Crippen LogP contribution in [0.25, 0.3) is 10.9 Å². The van der Waals surface area contributed by atoms with Gasteiger partial charge in [-0.15, -0.1) is 0 Å². The third-order valence-electron chi connectivity index (χ3n) is 2.43. The minimum Gasteiger partial charge on any atom is -0.459 e. The zero-order valence-corrected chi connectivity index (χ0v) is 10.9. The number of aromatic nitrogens is 1. The third kappa shape index (κ3) is 2.82. The topological polar surface area (TPSA) is 68.3 Å². The second kappa shape index (κ2) is 5.67. The first-order valence-electron chi connectivity index (χ1n) is 5.64. The SMILES string of the molecule is CCOC(=O)C(=O)Nc1ccc2ncccc2c1Cl. The van der Waals surface area contributed by atoms with Crippen molar-refractivity contribution in [2.45, 2.75) is 6.92 Å². The van der Waals surface area contributed by atoms with Gasteiger partial charge in [-0.2, -0.15) is 0 Å². The highest BCUT2D eigenvalue weighted by molar-refractivity contribution is 6.42. The molecule has 1 aromatic heterocycles. The van der Waals surface area contributed by atoms with Crippen LogP contribution in [0.4, 0.5) is 5.69 Å². The van der Waals surface area contributed by atoms with Crippen LogP contribution in [0.3, 0.4) is 0 Å². The standard InChI is InChI=1S/C13H11ClN2O3/c1-2-19-13(18)12(17)16-10-6-5-9-8(11(10)14)4-3-7-15-9/h3-7H,2H2,1H3,(H,16,17). The number of carbonyl (C=O) groups excluding carboxylic acids is 2. The van der Waals surface area contributed by atoms with Crippen LogP contribution in [0.2, 0.25) is 5.02 Å². The first-order chi connectivity index (χ1) is 9.13. The molecule has 0 saturated carbocycles. The normalized spacial score (nSPS) is 10.2. The molecule has 1 amide bonds. The number of esters is 1. The minimum atomic E-state index is -0.940. The first kappa shape index (κ1) is 13.3. The van der Waals surface area contributed by atoms with Crippen LogP contribution in [-0.2, 0) is 14.3 Å². The largest absolute Gasteiger partial charge is 0.459 e. The Kier molecular flexibility index (Phi) is 3.97. The van der Waals surface area contributed by atoms with E-state index in [4.69, 9.17) is 11.6 Å². The van der Waals surface area contributed by atoms with Gasteiger partial charge in [0, 0.05) is 11.6 Å². The fourth-order valence-corrected chi connectivity index (χ4v) is 1.85. The number of carbonyl (C=O) groups is 2. The predicted octanol–water partition coefficient (Wildman–Crippen LogP) is 2.39. The molecule has 0 saturated heterocycles. The summed E-state index contributed by atoms with van der Waals surface area (Å²) in [5, 5.41) is 3.45. The average molecular weight is 279 g/mol. The molecule has 0 aliphatic rings. The maximum absolute atomic E-state index is 11.5.